The first-order valence-corrected chi connectivity index (χ1v) is 5.09. The highest BCUT2D eigenvalue weighted by molar-refractivity contribution is 5.76. The Kier molecular flexibility index (Phi) is 6.49. The quantitative estimate of drug-likeness (QED) is 0.596. The van der Waals surface area contributed by atoms with Gasteiger partial charge in [-0.25, -0.2) is 0 Å². The molecule has 3 N–H and O–H groups in total. The van der Waals surface area contributed by atoms with E-state index < -0.39 is 5.54 Å². The molecular weight excluding hydrogens is 180 g/mol. The molecule has 0 aromatic heterocycles. The highest BCUT2D eigenvalue weighted by Gasteiger charge is 2.15. The third kappa shape index (κ3) is 9.48. The van der Waals surface area contributed by atoms with E-state index in [9.17, 15) is 4.79 Å². The number of hydrogen-bond donors (Lipinski definition) is 2. The fraction of sp³-hybridized carbons (Fsp3) is 0.900. The zero-order chi connectivity index (χ0) is 11.0. The zero-order valence-corrected chi connectivity index (χ0v) is 9.43. The van der Waals surface area contributed by atoms with E-state index >= 15 is 0 Å². The van der Waals surface area contributed by atoms with Gasteiger partial charge >= 0.3 is 0 Å². The first-order valence-electron chi connectivity index (χ1n) is 5.09. The number of rotatable bonds is 7. The molecule has 0 unspecified atom stereocenters. The minimum Gasteiger partial charge on any atom is -0.382 e. The second kappa shape index (κ2) is 6.79. The molecule has 0 spiro atoms. The number of hydrogen-bond acceptors (Lipinski definition) is 3. The maximum atomic E-state index is 11.3. The number of amides is 1. The van der Waals surface area contributed by atoms with Crippen molar-refractivity contribution in [2.45, 2.75) is 39.2 Å². The van der Waals surface area contributed by atoms with E-state index in [1.54, 1.807) is 0 Å². The highest BCUT2D eigenvalue weighted by Crippen LogP contribution is 2.02. The van der Waals surface area contributed by atoms with Gasteiger partial charge in [0.15, 0.2) is 0 Å². The molecule has 84 valence electrons. The van der Waals surface area contributed by atoms with Crippen molar-refractivity contribution in [2.24, 2.45) is 5.73 Å². The van der Waals surface area contributed by atoms with E-state index in [1.807, 2.05) is 20.8 Å². The molecule has 0 aromatic rings. The average molecular weight is 202 g/mol. The average Bonchev–Trinajstić information content (AvgIpc) is 2.00. The van der Waals surface area contributed by atoms with Crippen LogP contribution in [0, 0.1) is 0 Å². The lowest BCUT2D eigenvalue weighted by atomic mass is 10.0. The van der Waals surface area contributed by atoms with Crippen LogP contribution in [0.3, 0.4) is 0 Å². The van der Waals surface area contributed by atoms with E-state index in [4.69, 9.17) is 10.5 Å². The molecule has 0 aliphatic rings. The molecular formula is C10H22N2O2. The first kappa shape index (κ1) is 13.4. The van der Waals surface area contributed by atoms with Gasteiger partial charge in [-0.2, -0.15) is 0 Å². The van der Waals surface area contributed by atoms with Crippen LogP contribution in [-0.4, -0.2) is 31.2 Å². The summed E-state index contributed by atoms with van der Waals surface area (Å²) in [4.78, 5) is 11.3. The molecule has 0 bridgehead atoms. The number of nitrogens with two attached hydrogens (primary N) is 1. The predicted molar refractivity (Wildman–Crippen MR) is 57.0 cm³/mol. The summed E-state index contributed by atoms with van der Waals surface area (Å²) in [6.45, 7) is 7.72. The summed E-state index contributed by atoms with van der Waals surface area (Å²) in [5.41, 5.74) is 5.28. The van der Waals surface area contributed by atoms with Gasteiger partial charge in [-0.1, -0.05) is 0 Å². The van der Waals surface area contributed by atoms with Crippen molar-refractivity contribution in [1.29, 1.82) is 0 Å². The topological polar surface area (TPSA) is 64.3 Å². The van der Waals surface area contributed by atoms with E-state index in [-0.39, 0.29) is 5.91 Å². The van der Waals surface area contributed by atoms with Gasteiger partial charge in [0.25, 0.3) is 0 Å². The smallest absolute Gasteiger partial charge is 0.221 e. The van der Waals surface area contributed by atoms with Gasteiger partial charge in [0, 0.05) is 31.7 Å². The molecule has 0 radical (unpaired) electrons. The van der Waals surface area contributed by atoms with Crippen molar-refractivity contribution in [2.75, 3.05) is 19.8 Å². The van der Waals surface area contributed by atoms with Gasteiger partial charge in [0.1, 0.15) is 0 Å². The van der Waals surface area contributed by atoms with Crippen LogP contribution in [0.5, 0.6) is 0 Å². The number of carbonyl (C=O) groups is 1. The maximum Gasteiger partial charge on any atom is 0.221 e. The second-order valence-corrected chi connectivity index (χ2v) is 4.07. The van der Waals surface area contributed by atoms with Gasteiger partial charge in [0.05, 0.1) is 0 Å². The Morgan fingerprint density at radius 2 is 2.14 bits per heavy atom. The van der Waals surface area contributed by atoms with Crippen molar-refractivity contribution >= 4 is 5.91 Å². The predicted octanol–water partition coefficient (Wildman–Crippen LogP) is 0.657. The Labute approximate surface area is 86.2 Å². The highest BCUT2D eigenvalue weighted by atomic mass is 16.5. The molecule has 0 heterocycles. The van der Waals surface area contributed by atoms with Gasteiger partial charge in [-0.15, -0.1) is 0 Å². The van der Waals surface area contributed by atoms with Crippen LogP contribution in [0.1, 0.15) is 33.6 Å². The Morgan fingerprint density at radius 1 is 1.50 bits per heavy atom. The minimum absolute atomic E-state index is 0.00833. The standard InChI is InChI=1S/C10H22N2O2/c1-4-14-7-5-6-12-9(13)8-10(2,3)11/h4-8,11H2,1-3H3,(H,12,13). The van der Waals surface area contributed by atoms with Crippen molar-refractivity contribution in [3.8, 4) is 0 Å². The summed E-state index contributed by atoms with van der Waals surface area (Å²) in [7, 11) is 0. The Balaban J connectivity index is 3.36. The lowest BCUT2D eigenvalue weighted by Gasteiger charge is -2.17. The molecule has 0 aliphatic heterocycles. The van der Waals surface area contributed by atoms with Crippen LogP contribution >= 0.6 is 0 Å². The first-order chi connectivity index (χ1) is 6.45. The van der Waals surface area contributed by atoms with Gasteiger partial charge in [-0.3, -0.25) is 4.79 Å². The van der Waals surface area contributed by atoms with Gasteiger partial charge < -0.3 is 15.8 Å². The van der Waals surface area contributed by atoms with E-state index in [0.717, 1.165) is 13.0 Å². The molecule has 0 saturated heterocycles. The molecule has 1 amide bonds. The molecule has 0 aromatic carbocycles. The SMILES string of the molecule is CCOCCCNC(=O)CC(C)(C)N. The van der Waals surface area contributed by atoms with Gasteiger partial charge in [-0.05, 0) is 27.2 Å². The van der Waals surface area contributed by atoms with Crippen LogP contribution < -0.4 is 11.1 Å². The summed E-state index contributed by atoms with van der Waals surface area (Å²) >= 11 is 0. The molecule has 4 nitrogen and oxygen atoms in total. The fourth-order valence-electron chi connectivity index (χ4n) is 1.02. The molecule has 0 rings (SSSR count). The molecule has 0 saturated carbocycles. The Morgan fingerprint density at radius 3 is 2.64 bits per heavy atom. The third-order valence-electron chi connectivity index (χ3n) is 1.61. The van der Waals surface area contributed by atoms with Crippen molar-refractivity contribution in [3.63, 3.8) is 0 Å². The van der Waals surface area contributed by atoms with Crippen LogP contribution in [0.15, 0.2) is 0 Å². The molecule has 0 aliphatic carbocycles. The lowest BCUT2D eigenvalue weighted by molar-refractivity contribution is -0.122. The lowest BCUT2D eigenvalue weighted by Crippen LogP contribution is -2.39. The zero-order valence-electron chi connectivity index (χ0n) is 9.43. The molecule has 14 heavy (non-hydrogen) atoms. The molecule has 4 heteroatoms. The minimum atomic E-state index is -0.427. The monoisotopic (exact) mass is 202 g/mol. The summed E-state index contributed by atoms with van der Waals surface area (Å²) in [5.74, 6) is 0.00833. The maximum absolute atomic E-state index is 11.3. The van der Waals surface area contributed by atoms with Crippen molar-refractivity contribution < 1.29 is 9.53 Å². The Bertz CT molecular complexity index is 164. The van der Waals surface area contributed by atoms with E-state index in [1.165, 1.54) is 0 Å². The number of carbonyl (C=O) groups excluding carboxylic acids is 1. The molecule has 0 atom stereocenters. The van der Waals surface area contributed by atoms with Crippen LogP contribution in [-0.2, 0) is 9.53 Å². The normalized spacial score (nSPS) is 11.4. The van der Waals surface area contributed by atoms with Crippen LogP contribution in [0.4, 0.5) is 0 Å². The van der Waals surface area contributed by atoms with Crippen molar-refractivity contribution in [1.82, 2.24) is 5.32 Å². The Hall–Kier alpha value is -0.610. The van der Waals surface area contributed by atoms with Crippen molar-refractivity contribution in [3.05, 3.63) is 0 Å². The largest absolute Gasteiger partial charge is 0.382 e. The molecule has 0 fully saturated rings. The van der Waals surface area contributed by atoms with E-state index in [0.29, 0.717) is 19.6 Å². The number of nitrogens with one attached hydrogen (secondary N) is 1. The van der Waals surface area contributed by atoms with E-state index in [2.05, 4.69) is 5.32 Å². The van der Waals surface area contributed by atoms with Gasteiger partial charge in [0.2, 0.25) is 5.91 Å². The fourth-order valence-corrected chi connectivity index (χ4v) is 1.02. The second-order valence-electron chi connectivity index (χ2n) is 4.07. The summed E-state index contributed by atoms with van der Waals surface area (Å²) in [5, 5.41) is 2.80. The summed E-state index contributed by atoms with van der Waals surface area (Å²) in [6, 6.07) is 0. The van der Waals surface area contributed by atoms with Crippen LogP contribution in [0.25, 0.3) is 0 Å². The summed E-state index contributed by atoms with van der Waals surface area (Å²) < 4.78 is 5.14. The number of ether oxygens (including phenoxy) is 1. The third-order valence-corrected chi connectivity index (χ3v) is 1.61. The van der Waals surface area contributed by atoms with Crippen LogP contribution in [0.2, 0.25) is 0 Å². The summed E-state index contributed by atoms with van der Waals surface area (Å²) in [6.07, 6.45) is 1.21.